The van der Waals surface area contributed by atoms with E-state index in [1.807, 2.05) is 17.2 Å². The lowest BCUT2D eigenvalue weighted by Gasteiger charge is -2.37. The molecule has 1 N–H and O–H groups in total. The first kappa shape index (κ1) is 19.5. The minimum absolute atomic E-state index is 0.00401. The SMILES string of the molecule is CN1C(=O)CCCC1C(=O)N1CCn2c(c(-c3cn[nH]c3)c3ccc(Cl)c(Cl)c32)C1. The van der Waals surface area contributed by atoms with Crippen molar-refractivity contribution in [2.75, 3.05) is 13.6 Å². The zero-order chi connectivity index (χ0) is 21.0. The molecule has 1 fully saturated rings. The van der Waals surface area contributed by atoms with Crippen molar-refractivity contribution >= 4 is 45.9 Å². The maximum atomic E-state index is 13.3. The molecule has 1 unspecified atom stereocenters. The first-order valence-electron chi connectivity index (χ1n) is 10.00. The van der Waals surface area contributed by atoms with Crippen molar-refractivity contribution < 1.29 is 9.59 Å². The lowest BCUT2D eigenvalue weighted by Crippen LogP contribution is -2.52. The number of nitrogens with one attached hydrogen (secondary N) is 1. The number of halogens is 2. The fourth-order valence-corrected chi connectivity index (χ4v) is 5.13. The van der Waals surface area contributed by atoms with Gasteiger partial charge < -0.3 is 14.4 Å². The molecule has 3 aromatic rings. The van der Waals surface area contributed by atoms with Crippen LogP contribution >= 0.6 is 23.2 Å². The summed E-state index contributed by atoms with van der Waals surface area (Å²) in [4.78, 5) is 28.9. The number of carbonyl (C=O) groups excluding carboxylic acids is 2. The quantitative estimate of drug-likeness (QED) is 0.653. The van der Waals surface area contributed by atoms with Gasteiger partial charge in [0.25, 0.3) is 0 Å². The average molecular weight is 446 g/mol. The summed E-state index contributed by atoms with van der Waals surface area (Å²) in [5.41, 5.74) is 3.82. The van der Waals surface area contributed by atoms with Crippen LogP contribution in [0.5, 0.6) is 0 Å². The summed E-state index contributed by atoms with van der Waals surface area (Å²) in [6.07, 6.45) is 5.58. The lowest BCUT2D eigenvalue weighted by atomic mass is 10.00. The van der Waals surface area contributed by atoms with Crippen LogP contribution in [0, 0.1) is 0 Å². The van der Waals surface area contributed by atoms with Crippen LogP contribution in [-0.4, -0.2) is 56.0 Å². The summed E-state index contributed by atoms with van der Waals surface area (Å²) in [6, 6.07) is 3.38. The number of nitrogens with zero attached hydrogens (tertiary/aromatic N) is 4. The molecule has 2 aliphatic heterocycles. The number of rotatable bonds is 2. The third-order valence-corrected chi connectivity index (χ3v) is 7.06. The summed E-state index contributed by atoms with van der Waals surface area (Å²) in [7, 11) is 1.73. The van der Waals surface area contributed by atoms with Crippen LogP contribution in [0.3, 0.4) is 0 Å². The molecule has 2 aromatic heterocycles. The number of hydrogen-bond acceptors (Lipinski definition) is 3. The van der Waals surface area contributed by atoms with E-state index in [2.05, 4.69) is 14.8 Å². The lowest BCUT2D eigenvalue weighted by molar-refractivity contribution is -0.148. The van der Waals surface area contributed by atoms with Gasteiger partial charge in [0, 0.05) is 55.0 Å². The number of likely N-dealkylation sites (tertiary alicyclic amines) is 1. The van der Waals surface area contributed by atoms with Crippen LogP contribution in [-0.2, 0) is 22.7 Å². The van der Waals surface area contributed by atoms with E-state index >= 15 is 0 Å². The van der Waals surface area contributed by atoms with Crippen molar-refractivity contribution in [3.8, 4) is 11.1 Å². The van der Waals surface area contributed by atoms with E-state index in [9.17, 15) is 9.59 Å². The van der Waals surface area contributed by atoms with Gasteiger partial charge in [-0.05, 0) is 18.9 Å². The molecule has 0 radical (unpaired) electrons. The minimum atomic E-state index is -0.391. The summed E-state index contributed by atoms with van der Waals surface area (Å²) < 4.78 is 2.16. The first-order chi connectivity index (χ1) is 14.5. The Hall–Kier alpha value is -2.51. The van der Waals surface area contributed by atoms with Gasteiger partial charge in [-0.15, -0.1) is 0 Å². The average Bonchev–Trinajstić information content (AvgIpc) is 3.37. The molecule has 156 valence electrons. The smallest absolute Gasteiger partial charge is 0.245 e. The van der Waals surface area contributed by atoms with Crippen molar-refractivity contribution in [1.29, 1.82) is 0 Å². The summed E-state index contributed by atoms with van der Waals surface area (Å²) >= 11 is 12.9. The second-order valence-electron chi connectivity index (χ2n) is 7.89. The zero-order valence-corrected chi connectivity index (χ0v) is 18.0. The Morgan fingerprint density at radius 2 is 2.10 bits per heavy atom. The van der Waals surface area contributed by atoms with Crippen LogP contribution < -0.4 is 0 Å². The van der Waals surface area contributed by atoms with Gasteiger partial charge in [-0.2, -0.15) is 5.10 Å². The Labute approximate surface area is 183 Å². The predicted molar refractivity (Wildman–Crippen MR) is 115 cm³/mol. The maximum absolute atomic E-state index is 13.3. The van der Waals surface area contributed by atoms with Gasteiger partial charge in [0.2, 0.25) is 11.8 Å². The normalized spacial score (nSPS) is 19.4. The molecule has 4 heterocycles. The molecule has 1 aromatic carbocycles. The molecule has 30 heavy (non-hydrogen) atoms. The number of piperidine rings is 1. The molecule has 0 spiro atoms. The number of aromatic nitrogens is 3. The van der Waals surface area contributed by atoms with Gasteiger partial charge in [0.1, 0.15) is 6.04 Å². The second kappa shape index (κ2) is 7.32. The molecular formula is C21H21Cl2N5O2. The molecule has 9 heteroatoms. The first-order valence-corrected chi connectivity index (χ1v) is 10.8. The molecule has 2 amide bonds. The fourth-order valence-electron chi connectivity index (χ4n) is 4.71. The van der Waals surface area contributed by atoms with Gasteiger partial charge in [0.05, 0.1) is 28.3 Å². The van der Waals surface area contributed by atoms with Crippen LogP contribution in [0.1, 0.15) is 25.0 Å². The number of likely N-dealkylation sites (N-methyl/N-ethyl adjacent to an activating group) is 1. The minimum Gasteiger partial charge on any atom is -0.339 e. The van der Waals surface area contributed by atoms with E-state index in [4.69, 9.17) is 23.2 Å². The number of carbonyl (C=O) groups is 2. The number of H-pyrrole nitrogens is 1. The Bertz CT molecular complexity index is 1150. The topological polar surface area (TPSA) is 74.2 Å². The van der Waals surface area contributed by atoms with Crippen molar-refractivity contribution in [2.24, 2.45) is 0 Å². The summed E-state index contributed by atoms with van der Waals surface area (Å²) in [5, 5.41) is 8.98. The molecule has 1 atom stereocenters. The highest BCUT2D eigenvalue weighted by atomic mass is 35.5. The second-order valence-corrected chi connectivity index (χ2v) is 8.68. The van der Waals surface area contributed by atoms with E-state index in [-0.39, 0.29) is 11.8 Å². The molecule has 1 saturated heterocycles. The number of aromatic amines is 1. The number of fused-ring (bicyclic) bond motifs is 3. The van der Waals surface area contributed by atoms with E-state index in [1.165, 1.54) is 0 Å². The van der Waals surface area contributed by atoms with E-state index < -0.39 is 6.04 Å². The number of benzene rings is 1. The Balaban J connectivity index is 1.59. The summed E-state index contributed by atoms with van der Waals surface area (Å²) in [5.74, 6) is 0.0376. The molecule has 0 aliphatic carbocycles. The number of amides is 2. The Morgan fingerprint density at radius 1 is 1.27 bits per heavy atom. The third kappa shape index (κ3) is 2.91. The van der Waals surface area contributed by atoms with E-state index in [0.29, 0.717) is 42.5 Å². The van der Waals surface area contributed by atoms with Crippen molar-refractivity contribution in [3.05, 3.63) is 40.3 Å². The van der Waals surface area contributed by atoms with Crippen molar-refractivity contribution in [1.82, 2.24) is 24.6 Å². The molecule has 5 rings (SSSR count). The van der Waals surface area contributed by atoms with Crippen molar-refractivity contribution in [3.63, 3.8) is 0 Å². The van der Waals surface area contributed by atoms with Gasteiger partial charge in [-0.3, -0.25) is 14.7 Å². The predicted octanol–water partition coefficient (Wildman–Crippen LogP) is 3.69. The van der Waals surface area contributed by atoms with Gasteiger partial charge in [-0.25, -0.2) is 0 Å². The third-order valence-electron chi connectivity index (χ3n) is 6.27. The fraction of sp³-hybridized carbons (Fsp3) is 0.381. The van der Waals surface area contributed by atoms with E-state index in [1.54, 1.807) is 24.2 Å². The maximum Gasteiger partial charge on any atom is 0.245 e. The van der Waals surface area contributed by atoms with Gasteiger partial charge in [0.15, 0.2) is 0 Å². The monoisotopic (exact) mass is 445 g/mol. The van der Waals surface area contributed by atoms with Crippen molar-refractivity contribution in [2.45, 2.75) is 38.4 Å². The molecular weight excluding hydrogens is 425 g/mol. The molecule has 0 bridgehead atoms. The Kier molecular flexibility index (Phi) is 4.75. The summed E-state index contributed by atoms with van der Waals surface area (Å²) in [6.45, 7) is 1.61. The Morgan fingerprint density at radius 3 is 2.87 bits per heavy atom. The highest BCUT2D eigenvalue weighted by Gasteiger charge is 2.36. The standard InChI is InChI=1S/C21H21Cl2N5O2/c1-26-15(3-2-4-17(26)29)21(30)27-7-8-28-16(11-27)18(12-9-24-25-10-12)13-5-6-14(22)19(23)20(13)28/h5-6,9-10,15H,2-4,7-8,11H2,1H3,(H,24,25). The van der Waals surface area contributed by atoms with Crippen LogP contribution in [0.2, 0.25) is 10.0 Å². The van der Waals surface area contributed by atoms with Gasteiger partial charge >= 0.3 is 0 Å². The van der Waals surface area contributed by atoms with Crippen LogP contribution in [0.25, 0.3) is 22.0 Å². The van der Waals surface area contributed by atoms with Crippen LogP contribution in [0.4, 0.5) is 0 Å². The van der Waals surface area contributed by atoms with Crippen LogP contribution in [0.15, 0.2) is 24.5 Å². The molecule has 0 saturated carbocycles. The zero-order valence-electron chi connectivity index (χ0n) is 16.5. The van der Waals surface area contributed by atoms with Gasteiger partial charge in [-0.1, -0.05) is 29.3 Å². The molecule has 7 nitrogen and oxygen atoms in total. The highest BCUT2D eigenvalue weighted by molar-refractivity contribution is 6.45. The molecule has 2 aliphatic rings. The highest BCUT2D eigenvalue weighted by Crippen LogP contribution is 2.42. The number of hydrogen-bond donors (Lipinski definition) is 1. The van der Waals surface area contributed by atoms with E-state index in [0.717, 1.165) is 34.1 Å². The largest absolute Gasteiger partial charge is 0.339 e.